The molecule has 0 fully saturated rings. The smallest absolute Gasteiger partial charge is 0.192 e. The minimum atomic E-state index is -4.22. The molecule has 6 rings (SSSR count). The first-order valence-corrected chi connectivity index (χ1v) is 17.5. The number of halogens is 6. The van der Waals surface area contributed by atoms with E-state index >= 15 is 0 Å². The Labute approximate surface area is 328 Å². The van der Waals surface area contributed by atoms with Crippen molar-refractivity contribution >= 4 is 0 Å². The van der Waals surface area contributed by atoms with Gasteiger partial charge in [0.2, 0.25) is 0 Å². The van der Waals surface area contributed by atoms with Gasteiger partial charge >= 0.3 is 12.4 Å². The third kappa shape index (κ3) is 20.4. The first-order chi connectivity index (χ1) is 26.3. The molecular formula is C48H48F6N2. The van der Waals surface area contributed by atoms with Crippen LogP contribution >= 0.6 is 0 Å². The molecule has 0 N–H and O–H groups in total. The number of aryl methyl sites for hydroxylation is 8. The Bertz CT molecular complexity index is 2030. The summed E-state index contributed by atoms with van der Waals surface area (Å²) in [5.41, 5.74) is 9.53. The fourth-order valence-electron chi connectivity index (χ4n) is 4.23. The predicted molar refractivity (Wildman–Crippen MR) is 216 cm³/mol. The topological polar surface area (TPSA) is 47.6 Å². The van der Waals surface area contributed by atoms with E-state index in [9.17, 15) is 26.3 Å². The summed E-state index contributed by atoms with van der Waals surface area (Å²) in [7, 11) is 0. The monoisotopic (exact) mass is 766 g/mol. The van der Waals surface area contributed by atoms with Crippen LogP contribution in [0, 0.1) is 78.1 Å². The number of alkyl halides is 6. The second-order valence-corrected chi connectivity index (χ2v) is 12.9. The highest BCUT2D eigenvalue weighted by atomic mass is 19.4. The van der Waals surface area contributed by atoms with Gasteiger partial charge in [-0.15, -0.1) is 0 Å². The lowest BCUT2D eigenvalue weighted by molar-refractivity contribution is -0.138. The van der Waals surface area contributed by atoms with E-state index in [1.165, 1.54) is 46.0 Å². The SMILES string of the molecule is Cc1ccc(C#N)cc1.Cc1ccc(C(F)(F)F)cc1.Cc1cccc(C#N)c1.Cc1cccc(C(F)(F)F)c1.Cc1ccccc1C.Cc1ccccc1C. The highest BCUT2D eigenvalue weighted by molar-refractivity contribution is 5.32. The summed E-state index contributed by atoms with van der Waals surface area (Å²) >= 11 is 0. The summed E-state index contributed by atoms with van der Waals surface area (Å²) < 4.78 is 71.7. The molecule has 0 aliphatic rings. The number of rotatable bonds is 0. The lowest BCUT2D eigenvalue weighted by atomic mass is 10.1. The maximum atomic E-state index is 12.0. The van der Waals surface area contributed by atoms with Crippen LogP contribution in [-0.4, -0.2) is 0 Å². The highest BCUT2D eigenvalue weighted by Gasteiger charge is 2.30. The van der Waals surface area contributed by atoms with Crippen LogP contribution in [0.1, 0.15) is 66.8 Å². The largest absolute Gasteiger partial charge is 0.416 e. The zero-order chi connectivity index (χ0) is 42.3. The molecule has 0 saturated heterocycles. The molecule has 0 unspecified atom stereocenters. The molecule has 56 heavy (non-hydrogen) atoms. The Kier molecular flexibility index (Phi) is 20.8. The molecular weight excluding hydrogens is 719 g/mol. The van der Waals surface area contributed by atoms with E-state index in [0.29, 0.717) is 5.56 Å². The van der Waals surface area contributed by atoms with Gasteiger partial charge < -0.3 is 0 Å². The van der Waals surface area contributed by atoms with Crippen molar-refractivity contribution in [1.82, 2.24) is 0 Å². The highest BCUT2D eigenvalue weighted by Crippen LogP contribution is 2.30. The van der Waals surface area contributed by atoms with Crippen molar-refractivity contribution in [1.29, 1.82) is 10.5 Å². The summed E-state index contributed by atoms with van der Waals surface area (Å²) in [4.78, 5) is 0. The van der Waals surface area contributed by atoms with E-state index in [0.717, 1.165) is 46.5 Å². The average molecular weight is 767 g/mol. The summed E-state index contributed by atoms with van der Waals surface area (Å²) in [5.74, 6) is 0. The summed E-state index contributed by atoms with van der Waals surface area (Å²) in [6, 6.07) is 46.1. The van der Waals surface area contributed by atoms with Crippen LogP contribution in [0.2, 0.25) is 0 Å². The van der Waals surface area contributed by atoms with Crippen molar-refractivity contribution < 1.29 is 26.3 Å². The molecule has 6 aromatic rings. The number of nitrogens with zero attached hydrogens (tertiary/aromatic N) is 2. The van der Waals surface area contributed by atoms with Gasteiger partial charge in [0.1, 0.15) is 0 Å². The van der Waals surface area contributed by atoms with Crippen LogP contribution < -0.4 is 0 Å². The number of nitriles is 2. The maximum Gasteiger partial charge on any atom is 0.416 e. The molecule has 0 radical (unpaired) electrons. The standard InChI is InChI=1S/2C8H7F3.2C8H7N.2C8H10/c1-6-2-4-7(5-3-6)8(9,10)11;1-6-3-2-4-7(5-6)8(9,10)11;1-7-2-4-8(6-9)5-3-7;1-7-3-2-4-8(5-7)6-9;2*1-7-5-3-4-6-8(7)2/h2*2-5H,1H3;2*2-5H,1H3;2*3-6H,1-2H3. The molecule has 0 saturated carbocycles. The first-order valence-electron chi connectivity index (χ1n) is 17.5. The Balaban J connectivity index is 0.000000337. The molecule has 2 nitrogen and oxygen atoms in total. The molecule has 0 aliphatic heterocycles. The summed E-state index contributed by atoms with van der Waals surface area (Å²) in [6.45, 7) is 15.8. The summed E-state index contributed by atoms with van der Waals surface area (Å²) in [6.07, 6.45) is -8.43. The lowest BCUT2D eigenvalue weighted by Gasteiger charge is -2.05. The zero-order valence-corrected chi connectivity index (χ0v) is 33.0. The Morgan fingerprint density at radius 3 is 0.982 bits per heavy atom. The maximum absolute atomic E-state index is 12.0. The molecule has 6 aromatic carbocycles. The number of benzene rings is 6. The van der Waals surface area contributed by atoms with Crippen LogP contribution in [0.5, 0.6) is 0 Å². The quantitative estimate of drug-likeness (QED) is 0.145. The molecule has 8 heteroatoms. The number of hydrogen-bond donors (Lipinski definition) is 0. The van der Waals surface area contributed by atoms with Gasteiger partial charge in [0.25, 0.3) is 0 Å². The van der Waals surface area contributed by atoms with E-state index in [-0.39, 0.29) is 0 Å². The van der Waals surface area contributed by atoms with Crippen molar-refractivity contribution in [2.75, 3.05) is 0 Å². The molecule has 0 bridgehead atoms. The first kappa shape index (κ1) is 47.9. The minimum absolute atomic E-state index is 0.586. The molecule has 0 amide bonds. The van der Waals surface area contributed by atoms with E-state index in [1.807, 2.05) is 56.3 Å². The fourth-order valence-corrected chi connectivity index (χ4v) is 4.23. The van der Waals surface area contributed by atoms with E-state index in [1.54, 1.807) is 26.0 Å². The van der Waals surface area contributed by atoms with Gasteiger partial charge in [-0.05, 0) is 126 Å². The van der Waals surface area contributed by atoms with E-state index < -0.39 is 23.5 Å². The van der Waals surface area contributed by atoms with Crippen LogP contribution in [0.15, 0.2) is 146 Å². The van der Waals surface area contributed by atoms with Crippen LogP contribution in [0.4, 0.5) is 26.3 Å². The Morgan fingerprint density at radius 2 is 0.696 bits per heavy atom. The summed E-state index contributed by atoms with van der Waals surface area (Å²) in [5, 5.41) is 16.8. The van der Waals surface area contributed by atoms with Crippen molar-refractivity contribution in [3.8, 4) is 12.1 Å². The van der Waals surface area contributed by atoms with Gasteiger partial charge in [0, 0.05) is 0 Å². The third-order valence-corrected chi connectivity index (χ3v) is 7.90. The zero-order valence-electron chi connectivity index (χ0n) is 33.0. The second-order valence-electron chi connectivity index (χ2n) is 12.9. The van der Waals surface area contributed by atoms with Crippen LogP contribution in [0.25, 0.3) is 0 Å². The van der Waals surface area contributed by atoms with Crippen molar-refractivity contribution in [2.45, 2.75) is 67.7 Å². The van der Waals surface area contributed by atoms with Gasteiger partial charge in [-0.1, -0.05) is 120 Å². The normalized spacial score (nSPS) is 9.93. The molecule has 0 aromatic heterocycles. The molecule has 0 heterocycles. The van der Waals surface area contributed by atoms with Gasteiger partial charge in [-0.2, -0.15) is 36.9 Å². The Morgan fingerprint density at radius 1 is 0.339 bits per heavy atom. The molecule has 0 aliphatic carbocycles. The minimum Gasteiger partial charge on any atom is -0.192 e. The Hall–Kier alpha value is -6.12. The molecule has 292 valence electrons. The van der Waals surface area contributed by atoms with Crippen molar-refractivity contribution in [3.63, 3.8) is 0 Å². The molecule has 0 atom stereocenters. The van der Waals surface area contributed by atoms with E-state index in [4.69, 9.17) is 10.5 Å². The second kappa shape index (κ2) is 24.3. The van der Waals surface area contributed by atoms with Gasteiger partial charge in [-0.25, -0.2) is 0 Å². The predicted octanol–water partition coefficient (Wildman–Crippen LogP) is 14.4. The van der Waals surface area contributed by atoms with Crippen LogP contribution in [-0.2, 0) is 12.4 Å². The van der Waals surface area contributed by atoms with Crippen molar-refractivity contribution in [3.05, 3.63) is 212 Å². The van der Waals surface area contributed by atoms with E-state index in [2.05, 4.69) is 88.4 Å². The van der Waals surface area contributed by atoms with Crippen molar-refractivity contribution in [2.24, 2.45) is 0 Å². The average Bonchev–Trinajstić information content (AvgIpc) is 3.15. The lowest BCUT2D eigenvalue weighted by Crippen LogP contribution is -2.04. The van der Waals surface area contributed by atoms with Gasteiger partial charge in [0.15, 0.2) is 0 Å². The fraction of sp³-hybridized carbons (Fsp3) is 0.208. The third-order valence-electron chi connectivity index (χ3n) is 7.90. The van der Waals surface area contributed by atoms with Gasteiger partial charge in [-0.3, -0.25) is 0 Å². The van der Waals surface area contributed by atoms with Gasteiger partial charge in [0.05, 0.1) is 34.4 Å². The number of hydrogen-bond acceptors (Lipinski definition) is 2. The van der Waals surface area contributed by atoms with Crippen LogP contribution in [0.3, 0.4) is 0 Å². The molecule has 0 spiro atoms.